The molecule has 52 heavy (non-hydrogen) atoms. The summed E-state index contributed by atoms with van der Waals surface area (Å²) in [7, 11) is 0. The molecule has 0 N–H and O–H groups in total. The Morgan fingerprint density at radius 3 is 1.50 bits per heavy atom. The number of nitrogens with zero attached hydrogens (tertiary/aromatic N) is 2. The third-order valence-corrected chi connectivity index (χ3v) is 10.4. The summed E-state index contributed by atoms with van der Waals surface area (Å²) >= 11 is 0. The van der Waals surface area contributed by atoms with Crippen LogP contribution in [0.15, 0.2) is 206 Å². The normalized spacial score (nSPS) is 11.5. The van der Waals surface area contributed by atoms with Gasteiger partial charge in [-0.1, -0.05) is 158 Å². The van der Waals surface area contributed by atoms with Gasteiger partial charge in [-0.05, 0) is 81.6 Å². The van der Waals surface area contributed by atoms with E-state index in [4.69, 9.17) is 0 Å². The van der Waals surface area contributed by atoms with E-state index in [1.54, 1.807) is 0 Å². The summed E-state index contributed by atoms with van der Waals surface area (Å²) in [6.45, 7) is 0. The van der Waals surface area contributed by atoms with Gasteiger partial charge in [0.05, 0.1) is 22.4 Å². The lowest BCUT2D eigenvalue weighted by atomic mass is 10.0. The highest BCUT2D eigenvalue weighted by atomic mass is 15.1. The predicted octanol–water partition coefficient (Wildman–Crippen LogP) is 13.9. The number of fused-ring (bicyclic) bond motifs is 6. The maximum absolute atomic E-state index is 2.46. The molecule has 9 aromatic carbocycles. The number of benzene rings is 9. The average Bonchev–Trinajstić information content (AvgIpc) is 3.57. The van der Waals surface area contributed by atoms with Crippen molar-refractivity contribution in [2.75, 3.05) is 4.90 Å². The zero-order valence-corrected chi connectivity index (χ0v) is 28.5. The molecule has 0 aliphatic rings. The molecule has 1 aromatic heterocycles. The fraction of sp³-hybridized carbons (Fsp3) is 0. The molecular formula is C50H34N2. The molecule has 0 bridgehead atoms. The van der Waals surface area contributed by atoms with Gasteiger partial charge in [-0.25, -0.2) is 0 Å². The number of hydrogen-bond donors (Lipinski definition) is 0. The van der Waals surface area contributed by atoms with Crippen LogP contribution in [0.25, 0.3) is 71.3 Å². The maximum atomic E-state index is 2.46. The second kappa shape index (κ2) is 12.5. The smallest absolute Gasteiger partial charge is 0.0547 e. The molecule has 0 fully saturated rings. The lowest BCUT2D eigenvalue weighted by Crippen LogP contribution is -2.10. The number of aromatic nitrogens is 1. The fourth-order valence-electron chi connectivity index (χ4n) is 7.96. The van der Waals surface area contributed by atoms with Crippen molar-refractivity contribution in [1.82, 2.24) is 4.57 Å². The molecule has 244 valence electrons. The summed E-state index contributed by atoms with van der Waals surface area (Å²) in [6, 6.07) is 74.6. The van der Waals surface area contributed by atoms with Gasteiger partial charge in [0.15, 0.2) is 0 Å². The molecule has 0 radical (unpaired) electrons. The van der Waals surface area contributed by atoms with Crippen molar-refractivity contribution in [2.24, 2.45) is 0 Å². The first-order valence-electron chi connectivity index (χ1n) is 17.9. The average molecular weight is 663 g/mol. The summed E-state index contributed by atoms with van der Waals surface area (Å²) in [6.07, 6.45) is 0. The van der Waals surface area contributed by atoms with E-state index in [1.807, 2.05) is 0 Å². The second-order valence-corrected chi connectivity index (χ2v) is 13.3. The number of para-hydroxylation sites is 1. The van der Waals surface area contributed by atoms with Gasteiger partial charge in [-0.15, -0.1) is 0 Å². The van der Waals surface area contributed by atoms with Gasteiger partial charge in [0.1, 0.15) is 0 Å². The fourth-order valence-corrected chi connectivity index (χ4v) is 7.96. The Hall–Kier alpha value is -6.90. The molecule has 0 spiro atoms. The predicted molar refractivity (Wildman–Crippen MR) is 221 cm³/mol. The minimum absolute atomic E-state index is 1.10. The zero-order chi connectivity index (χ0) is 34.4. The van der Waals surface area contributed by atoms with E-state index in [9.17, 15) is 0 Å². The minimum Gasteiger partial charge on any atom is -0.310 e. The lowest BCUT2D eigenvalue weighted by Gasteiger charge is -2.28. The molecule has 0 saturated heterocycles. The standard InChI is InChI=1S/C50H34N2/c1-3-13-35(14-4-1)37-25-30-40(31-26-37)51(41-32-27-38(28-33-41)36-15-5-2-6-16-36)46-23-11-21-44-43(46)20-12-24-47(44)52-48-22-10-9-19-45(48)50-42-18-8-7-17-39(42)29-34-49(50)52/h1-34H. The van der Waals surface area contributed by atoms with Crippen LogP contribution in [0.5, 0.6) is 0 Å². The van der Waals surface area contributed by atoms with Crippen molar-refractivity contribution in [3.8, 4) is 27.9 Å². The number of anilines is 3. The monoisotopic (exact) mass is 662 g/mol. The summed E-state index contributed by atoms with van der Waals surface area (Å²) in [5.74, 6) is 0. The minimum atomic E-state index is 1.10. The third kappa shape index (κ3) is 4.96. The highest BCUT2D eigenvalue weighted by Crippen LogP contribution is 2.43. The first-order valence-corrected chi connectivity index (χ1v) is 17.9. The molecular weight excluding hydrogens is 629 g/mol. The number of hydrogen-bond acceptors (Lipinski definition) is 1. The van der Waals surface area contributed by atoms with Crippen molar-refractivity contribution in [1.29, 1.82) is 0 Å². The SMILES string of the molecule is c1ccc(-c2ccc(N(c3ccc(-c4ccccc4)cc3)c3cccc4c(-n5c6ccccc6c6c7ccccc7ccc65)cccc34)cc2)cc1. The Labute approximate surface area is 303 Å². The molecule has 0 aliphatic carbocycles. The first-order chi connectivity index (χ1) is 25.8. The van der Waals surface area contributed by atoms with E-state index in [2.05, 4.69) is 216 Å². The third-order valence-electron chi connectivity index (χ3n) is 10.4. The van der Waals surface area contributed by atoms with Gasteiger partial charge >= 0.3 is 0 Å². The topological polar surface area (TPSA) is 8.17 Å². The van der Waals surface area contributed by atoms with E-state index in [0.29, 0.717) is 0 Å². The Bertz CT molecular complexity index is 2790. The molecule has 10 rings (SSSR count). The Morgan fingerprint density at radius 1 is 0.308 bits per heavy atom. The molecule has 0 aliphatic heterocycles. The summed E-state index contributed by atoms with van der Waals surface area (Å²) < 4.78 is 2.46. The molecule has 0 atom stereocenters. The van der Waals surface area contributed by atoms with Crippen LogP contribution in [0.4, 0.5) is 17.1 Å². The number of rotatable bonds is 6. The van der Waals surface area contributed by atoms with Crippen LogP contribution in [-0.4, -0.2) is 4.57 Å². The van der Waals surface area contributed by atoms with Gasteiger partial charge in [-0.3, -0.25) is 0 Å². The van der Waals surface area contributed by atoms with Crippen LogP contribution in [0.2, 0.25) is 0 Å². The van der Waals surface area contributed by atoms with E-state index >= 15 is 0 Å². The van der Waals surface area contributed by atoms with Gasteiger partial charge in [0.25, 0.3) is 0 Å². The van der Waals surface area contributed by atoms with Gasteiger partial charge in [0.2, 0.25) is 0 Å². The summed E-state index contributed by atoms with van der Waals surface area (Å²) in [5, 5.41) is 7.47. The van der Waals surface area contributed by atoms with Gasteiger partial charge in [0, 0.05) is 32.9 Å². The Balaban J connectivity index is 1.18. The van der Waals surface area contributed by atoms with Crippen molar-refractivity contribution < 1.29 is 0 Å². The molecule has 0 unspecified atom stereocenters. The summed E-state index contributed by atoms with van der Waals surface area (Å²) in [5.41, 5.74) is 11.7. The molecule has 0 saturated carbocycles. The Morgan fingerprint density at radius 2 is 0.827 bits per heavy atom. The first kappa shape index (κ1) is 30.0. The van der Waals surface area contributed by atoms with Gasteiger partial charge in [-0.2, -0.15) is 0 Å². The maximum Gasteiger partial charge on any atom is 0.0547 e. The molecule has 2 nitrogen and oxygen atoms in total. The van der Waals surface area contributed by atoms with Gasteiger partial charge < -0.3 is 9.47 Å². The van der Waals surface area contributed by atoms with E-state index < -0.39 is 0 Å². The van der Waals surface area contributed by atoms with Crippen LogP contribution >= 0.6 is 0 Å². The van der Waals surface area contributed by atoms with Crippen LogP contribution in [0.1, 0.15) is 0 Å². The molecule has 2 heteroatoms. The molecule has 0 amide bonds. The van der Waals surface area contributed by atoms with Crippen LogP contribution < -0.4 is 4.90 Å². The molecule has 10 aromatic rings. The van der Waals surface area contributed by atoms with E-state index in [1.165, 1.54) is 71.3 Å². The van der Waals surface area contributed by atoms with E-state index in [0.717, 1.165) is 17.1 Å². The van der Waals surface area contributed by atoms with Crippen LogP contribution in [-0.2, 0) is 0 Å². The van der Waals surface area contributed by atoms with Crippen molar-refractivity contribution in [2.45, 2.75) is 0 Å². The van der Waals surface area contributed by atoms with Crippen molar-refractivity contribution >= 4 is 60.4 Å². The van der Waals surface area contributed by atoms with Crippen molar-refractivity contribution in [3.63, 3.8) is 0 Å². The zero-order valence-electron chi connectivity index (χ0n) is 28.5. The van der Waals surface area contributed by atoms with Crippen molar-refractivity contribution in [3.05, 3.63) is 206 Å². The van der Waals surface area contributed by atoms with E-state index in [-0.39, 0.29) is 0 Å². The quantitative estimate of drug-likeness (QED) is 0.172. The van der Waals surface area contributed by atoms with Crippen LogP contribution in [0.3, 0.4) is 0 Å². The lowest BCUT2D eigenvalue weighted by molar-refractivity contribution is 1.20. The second-order valence-electron chi connectivity index (χ2n) is 13.3. The Kier molecular flexibility index (Phi) is 7.18. The largest absolute Gasteiger partial charge is 0.310 e. The molecule has 1 heterocycles. The summed E-state index contributed by atoms with van der Waals surface area (Å²) in [4.78, 5) is 2.40. The van der Waals surface area contributed by atoms with Crippen LogP contribution in [0, 0.1) is 0 Å². The highest BCUT2D eigenvalue weighted by molar-refractivity contribution is 6.22. The highest BCUT2D eigenvalue weighted by Gasteiger charge is 2.20.